The smallest absolute Gasteiger partial charge is 0.341 e. The van der Waals surface area contributed by atoms with Gasteiger partial charge in [-0.05, 0) is 25.3 Å². The van der Waals surface area contributed by atoms with Crippen molar-refractivity contribution in [2.24, 2.45) is 0 Å². The first-order valence-electron chi connectivity index (χ1n) is 5.72. The molecule has 1 heterocycles. The molecule has 0 aromatic carbocycles. The summed E-state index contributed by atoms with van der Waals surface area (Å²) < 4.78 is 9.78. The van der Waals surface area contributed by atoms with Crippen LogP contribution in [0.15, 0.2) is 16.7 Å². The van der Waals surface area contributed by atoms with Gasteiger partial charge < -0.3 is 19.6 Å². The molecule has 0 saturated heterocycles. The minimum Gasteiger partial charge on any atom is -0.467 e. The second kappa shape index (κ2) is 4.89. The molecule has 94 valence electrons. The van der Waals surface area contributed by atoms with Crippen LogP contribution in [0.25, 0.3) is 0 Å². The van der Waals surface area contributed by atoms with E-state index >= 15 is 0 Å². The number of furan rings is 1. The maximum absolute atomic E-state index is 11.2. The van der Waals surface area contributed by atoms with E-state index in [1.54, 1.807) is 6.07 Å². The van der Waals surface area contributed by atoms with Gasteiger partial charge in [0.05, 0.1) is 24.8 Å². The highest BCUT2D eigenvalue weighted by atomic mass is 16.5. The number of ether oxygens (including phenoxy) is 1. The van der Waals surface area contributed by atoms with Crippen molar-refractivity contribution in [3.05, 3.63) is 23.7 Å². The maximum atomic E-state index is 11.2. The van der Waals surface area contributed by atoms with Crippen molar-refractivity contribution in [1.82, 2.24) is 5.32 Å². The van der Waals surface area contributed by atoms with E-state index in [4.69, 9.17) is 4.42 Å². The van der Waals surface area contributed by atoms with Crippen molar-refractivity contribution in [2.75, 3.05) is 13.7 Å². The molecule has 0 atom stereocenters. The Morgan fingerprint density at radius 2 is 2.41 bits per heavy atom. The van der Waals surface area contributed by atoms with Crippen LogP contribution >= 0.6 is 0 Å². The summed E-state index contributed by atoms with van der Waals surface area (Å²) in [5.41, 5.74) is -0.135. The van der Waals surface area contributed by atoms with Gasteiger partial charge in [0.25, 0.3) is 0 Å². The second-order valence-corrected chi connectivity index (χ2v) is 4.47. The molecule has 0 aliphatic heterocycles. The maximum Gasteiger partial charge on any atom is 0.341 e. The highest BCUT2D eigenvalue weighted by molar-refractivity contribution is 5.88. The van der Waals surface area contributed by atoms with Crippen LogP contribution in [0.4, 0.5) is 0 Å². The molecule has 1 fully saturated rings. The number of carbonyl (C=O) groups is 1. The molecule has 1 aromatic rings. The Hall–Kier alpha value is -1.33. The van der Waals surface area contributed by atoms with E-state index in [-0.39, 0.29) is 0 Å². The molecule has 5 heteroatoms. The van der Waals surface area contributed by atoms with Gasteiger partial charge in [-0.1, -0.05) is 0 Å². The van der Waals surface area contributed by atoms with Gasteiger partial charge in [0.1, 0.15) is 12.0 Å². The van der Waals surface area contributed by atoms with E-state index in [9.17, 15) is 9.90 Å². The summed E-state index contributed by atoms with van der Waals surface area (Å²) in [6.45, 7) is 1.06. The molecule has 0 spiro atoms. The van der Waals surface area contributed by atoms with Crippen LogP contribution in [-0.2, 0) is 11.3 Å². The van der Waals surface area contributed by atoms with Crippen molar-refractivity contribution in [1.29, 1.82) is 0 Å². The average Bonchev–Trinajstić information content (AvgIpc) is 2.74. The fraction of sp³-hybridized carbons (Fsp3) is 0.583. The lowest BCUT2D eigenvalue weighted by atomic mass is 9.80. The fourth-order valence-electron chi connectivity index (χ4n) is 1.88. The molecule has 0 amide bonds. The summed E-state index contributed by atoms with van der Waals surface area (Å²) in [4.78, 5) is 11.2. The van der Waals surface area contributed by atoms with Crippen LogP contribution in [-0.4, -0.2) is 30.3 Å². The standard InChI is InChI=1S/C12H17NO4/c1-16-11(14)9-5-10(17-7-9)6-13-8-12(15)3-2-4-12/h5,7,13,15H,2-4,6,8H2,1H3. The highest BCUT2D eigenvalue weighted by Gasteiger charge is 2.33. The predicted molar refractivity (Wildman–Crippen MR) is 60.6 cm³/mol. The molecular formula is C12H17NO4. The van der Waals surface area contributed by atoms with Crippen molar-refractivity contribution < 1.29 is 19.1 Å². The van der Waals surface area contributed by atoms with Crippen LogP contribution in [0.2, 0.25) is 0 Å². The molecule has 1 aromatic heterocycles. The lowest BCUT2D eigenvalue weighted by Gasteiger charge is -2.36. The molecule has 0 radical (unpaired) electrons. The van der Waals surface area contributed by atoms with Gasteiger partial charge >= 0.3 is 5.97 Å². The first-order chi connectivity index (χ1) is 8.13. The molecule has 17 heavy (non-hydrogen) atoms. The summed E-state index contributed by atoms with van der Waals surface area (Å²) in [6.07, 6.45) is 4.17. The van der Waals surface area contributed by atoms with Gasteiger partial charge in [-0.15, -0.1) is 0 Å². The van der Waals surface area contributed by atoms with E-state index in [0.29, 0.717) is 24.4 Å². The number of carbonyl (C=O) groups excluding carboxylic acids is 1. The Kier molecular flexibility index (Phi) is 3.49. The lowest BCUT2D eigenvalue weighted by Crippen LogP contribution is -2.45. The number of hydrogen-bond donors (Lipinski definition) is 2. The van der Waals surface area contributed by atoms with Gasteiger partial charge in [0.2, 0.25) is 0 Å². The number of hydrogen-bond acceptors (Lipinski definition) is 5. The molecule has 0 unspecified atom stereocenters. The van der Waals surface area contributed by atoms with E-state index in [2.05, 4.69) is 10.1 Å². The number of esters is 1. The minimum absolute atomic E-state index is 0.405. The SMILES string of the molecule is COC(=O)c1coc(CNCC2(O)CCC2)c1. The van der Waals surface area contributed by atoms with Gasteiger partial charge in [-0.2, -0.15) is 0 Å². The Balaban J connectivity index is 1.79. The normalized spacial score (nSPS) is 17.5. The number of rotatable bonds is 5. The van der Waals surface area contributed by atoms with Crippen molar-refractivity contribution in [2.45, 2.75) is 31.4 Å². The minimum atomic E-state index is -0.544. The third-order valence-corrected chi connectivity index (χ3v) is 3.11. The zero-order valence-electron chi connectivity index (χ0n) is 9.86. The average molecular weight is 239 g/mol. The summed E-state index contributed by atoms with van der Waals surface area (Å²) in [6, 6.07) is 1.64. The first-order valence-corrected chi connectivity index (χ1v) is 5.72. The van der Waals surface area contributed by atoms with E-state index in [0.717, 1.165) is 19.3 Å². The molecule has 0 bridgehead atoms. The third kappa shape index (κ3) is 2.87. The molecular weight excluding hydrogens is 222 g/mol. The molecule has 1 aliphatic carbocycles. The third-order valence-electron chi connectivity index (χ3n) is 3.11. The summed E-state index contributed by atoms with van der Waals surface area (Å²) in [7, 11) is 1.33. The zero-order chi connectivity index (χ0) is 12.3. The topological polar surface area (TPSA) is 71.7 Å². The number of nitrogens with one attached hydrogen (secondary N) is 1. The van der Waals surface area contributed by atoms with Crippen LogP contribution < -0.4 is 5.32 Å². The van der Waals surface area contributed by atoms with Gasteiger partial charge in [0, 0.05) is 6.54 Å². The highest BCUT2D eigenvalue weighted by Crippen LogP contribution is 2.30. The molecule has 2 rings (SSSR count). The van der Waals surface area contributed by atoms with Crippen LogP contribution in [0, 0.1) is 0 Å². The Labute approximate surface area is 99.8 Å². The van der Waals surface area contributed by atoms with Gasteiger partial charge in [-0.3, -0.25) is 0 Å². The van der Waals surface area contributed by atoms with Crippen LogP contribution in [0.1, 0.15) is 35.4 Å². The van der Waals surface area contributed by atoms with E-state index in [1.807, 2.05) is 0 Å². The first kappa shape index (κ1) is 12.1. The van der Waals surface area contributed by atoms with Crippen molar-refractivity contribution >= 4 is 5.97 Å². The second-order valence-electron chi connectivity index (χ2n) is 4.47. The Morgan fingerprint density at radius 1 is 1.65 bits per heavy atom. The zero-order valence-corrected chi connectivity index (χ0v) is 9.86. The molecule has 1 saturated carbocycles. The molecule has 1 aliphatic rings. The fourth-order valence-corrected chi connectivity index (χ4v) is 1.88. The quantitative estimate of drug-likeness (QED) is 0.752. The van der Waals surface area contributed by atoms with E-state index in [1.165, 1.54) is 13.4 Å². The van der Waals surface area contributed by atoms with Crippen molar-refractivity contribution in [3.63, 3.8) is 0 Å². The number of aliphatic hydroxyl groups is 1. The predicted octanol–water partition coefficient (Wildman–Crippen LogP) is 1.07. The largest absolute Gasteiger partial charge is 0.467 e. The van der Waals surface area contributed by atoms with Gasteiger partial charge in [-0.25, -0.2) is 4.79 Å². The summed E-state index contributed by atoms with van der Waals surface area (Å²) in [5, 5.41) is 13.0. The molecule has 5 nitrogen and oxygen atoms in total. The monoisotopic (exact) mass is 239 g/mol. The van der Waals surface area contributed by atoms with Crippen LogP contribution in [0.3, 0.4) is 0 Å². The Bertz CT molecular complexity index is 395. The Morgan fingerprint density at radius 3 is 3.00 bits per heavy atom. The summed E-state index contributed by atoms with van der Waals surface area (Å²) in [5.74, 6) is 0.256. The van der Waals surface area contributed by atoms with Crippen LogP contribution in [0.5, 0.6) is 0 Å². The lowest BCUT2D eigenvalue weighted by molar-refractivity contribution is -0.0317. The molecule has 2 N–H and O–H groups in total. The van der Waals surface area contributed by atoms with E-state index < -0.39 is 11.6 Å². The summed E-state index contributed by atoms with van der Waals surface area (Å²) >= 11 is 0. The number of methoxy groups -OCH3 is 1. The van der Waals surface area contributed by atoms with Crippen molar-refractivity contribution in [3.8, 4) is 0 Å². The van der Waals surface area contributed by atoms with Gasteiger partial charge in [0.15, 0.2) is 0 Å².